The fraction of sp³-hybridized carbons (Fsp3) is 0.375. The maximum Gasteiger partial charge on any atom is 0.271 e. The first-order valence-electron chi connectivity index (χ1n) is 10.5. The van der Waals surface area contributed by atoms with E-state index < -0.39 is 5.54 Å². The third kappa shape index (κ3) is 3.93. The van der Waals surface area contributed by atoms with Gasteiger partial charge in [-0.15, -0.1) is 0 Å². The smallest absolute Gasteiger partial charge is 0.271 e. The standard InChI is InChI=1S/C24H28N4O3/c1-24(17-18-8-5-4-6-9-18)23(30)26(2)20(22(29)27(24)3)16-19-10-7-11-25-21(19)28-12-14-31-15-13-28/h4-11,16H,12-15,17H2,1-3H3. The van der Waals surface area contributed by atoms with Crippen LogP contribution in [0.2, 0.25) is 0 Å². The molecule has 1 aromatic carbocycles. The van der Waals surface area contributed by atoms with E-state index in [1.54, 1.807) is 31.3 Å². The van der Waals surface area contributed by atoms with Crippen molar-refractivity contribution in [2.24, 2.45) is 0 Å². The second-order valence-corrected chi connectivity index (χ2v) is 8.21. The summed E-state index contributed by atoms with van der Waals surface area (Å²) in [7, 11) is 3.38. The molecule has 0 bridgehead atoms. The lowest BCUT2D eigenvalue weighted by Gasteiger charge is -2.45. The van der Waals surface area contributed by atoms with Gasteiger partial charge >= 0.3 is 0 Å². The molecule has 1 unspecified atom stereocenters. The zero-order valence-corrected chi connectivity index (χ0v) is 18.2. The zero-order valence-electron chi connectivity index (χ0n) is 18.2. The van der Waals surface area contributed by atoms with Crippen molar-refractivity contribution in [1.82, 2.24) is 14.8 Å². The van der Waals surface area contributed by atoms with Crippen molar-refractivity contribution < 1.29 is 14.3 Å². The SMILES string of the molecule is CN1C(=O)C(C)(Cc2ccccc2)N(C)C(=O)C1=Cc1cccnc1N1CCOCC1. The number of hydrogen-bond donors (Lipinski definition) is 0. The van der Waals surface area contributed by atoms with Gasteiger partial charge in [-0.2, -0.15) is 0 Å². The number of morpholine rings is 1. The summed E-state index contributed by atoms with van der Waals surface area (Å²) in [4.78, 5) is 36.6. The molecule has 2 amide bonds. The first-order valence-corrected chi connectivity index (χ1v) is 10.5. The molecule has 0 N–H and O–H groups in total. The Kier molecular flexibility index (Phi) is 5.78. The Morgan fingerprint density at radius 2 is 1.77 bits per heavy atom. The lowest BCUT2D eigenvalue weighted by Crippen LogP contribution is -2.64. The normalized spacial score (nSPS) is 23.6. The van der Waals surface area contributed by atoms with Crippen molar-refractivity contribution in [3.05, 3.63) is 65.5 Å². The molecule has 0 spiro atoms. The van der Waals surface area contributed by atoms with Crippen LogP contribution in [0.5, 0.6) is 0 Å². The van der Waals surface area contributed by atoms with E-state index in [1.807, 2.05) is 49.4 Å². The van der Waals surface area contributed by atoms with Gasteiger partial charge in [-0.3, -0.25) is 9.59 Å². The molecule has 4 rings (SSSR count). The predicted molar refractivity (Wildman–Crippen MR) is 119 cm³/mol. The van der Waals surface area contributed by atoms with Crippen LogP contribution in [-0.2, 0) is 20.7 Å². The molecule has 3 heterocycles. The number of ether oxygens (including phenoxy) is 1. The average molecular weight is 421 g/mol. The first kappa shape index (κ1) is 21.1. The molecule has 31 heavy (non-hydrogen) atoms. The number of rotatable bonds is 4. The van der Waals surface area contributed by atoms with Crippen LogP contribution in [0.15, 0.2) is 54.4 Å². The van der Waals surface area contributed by atoms with E-state index in [9.17, 15) is 9.59 Å². The number of hydrogen-bond acceptors (Lipinski definition) is 5. The van der Waals surface area contributed by atoms with E-state index in [0.29, 0.717) is 25.3 Å². The quantitative estimate of drug-likeness (QED) is 0.710. The van der Waals surface area contributed by atoms with Crippen LogP contribution in [-0.4, -0.2) is 72.5 Å². The highest BCUT2D eigenvalue weighted by Gasteiger charge is 2.48. The van der Waals surface area contributed by atoms with Gasteiger partial charge in [0.25, 0.3) is 11.8 Å². The predicted octanol–water partition coefficient (Wildman–Crippen LogP) is 2.19. The van der Waals surface area contributed by atoms with Crippen molar-refractivity contribution in [3.8, 4) is 0 Å². The molecule has 2 saturated heterocycles. The Morgan fingerprint density at radius 1 is 1.06 bits per heavy atom. The molecule has 0 aliphatic carbocycles. The molecule has 7 heteroatoms. The number of pyridine rings is 1. The molecule has 162 valence electrons. The Balaban J connectivity index is 1.67. The number of likely N-dealkylation sites (N-methyl/N-ethyl adjacent to an activating group) is 2. The second-order valence-electron chi connectivity index (χ2n) is 8.21. The minimum absolute atomic E-state index is 0.110. The first-order chi connectivity index (χ1) is 14.9. The monoisotopic (exact) mass is 420 g/mol. The molecular formula is C24H28N4O3. The lowest BCUT2D eigenvalue weighted by atomic mass is 9.87. The summed E-state index contributed by atoms with van der Waals surface area (Å²) >= 11 is 0. The summed E-state index contributed by atoms with van der Waals surface area (Å²) in [5, 5.41) is 0. The molecule has 2 fully saturated rings. The van der Waals surface area contributed by atoms with E-state index in [0.717, 1.165) is 30.0 Å². The zero-order chi connectivity index (χ0) is 22.0. The van der Waals surface area contributed by atoms with Crippen LogP contribution in [0.3, 0.4) is 0 Å². The Hall–Kier alpha value is -3.19. The maximum absolute atomic E-state index is 13.4. The highest BCUT2D eigenvalue weighted by atomic mass is 16.5. The van der Waals surface area contributed by atoms with Crippen molar-refractivity contribution in [2.75, 3.05) is 45.3 Å². The Morgan fingerprint density at radius 3 is 2.48 bits per heavy atom. The van der Waals surface area contributed by atoms with Crippen LogP contribution < -0.4 is 4.90 Å². The fourth-order valence-electron chi connectivity index (χ4n) is 4.21. The molecule has 2 aliphatic rings. The number of aromatic nitrogens is 1. The number of carbonyl (C=O) groups excluding carboxylic acids is 2. The highest BCUT2D eigenvalue weighted by molar-refractivity contribution is 6.09. The third-order valence-corrected chi connectivity index (χ3v) is 6.20. The summed E-state index contributed by atoms with van der Waals surface area (Å²) < 4.78 is 5.45. The van der Waals surface area contributed by atoms with Gasteiger partial charge in [-0.05, 0) is 30.7 Å². The van der Waals surface area contributed by atoms with Crippen molar-refractivity contribution in [3.63, 3.8) is 0 Å². The van der Waals surface area contributed by atoms with Gasteiger partial charge in [0.05, 0.1) is 13.2 Å². The number of carbonyl (C=O) groups is 2. The van der Waals surface area contributed by atoms with Gasteiger partial charge in [0, 0.05) is 45.4 Å². The summed E-state index contributed by atoms with van der Waals surface area (Å²) in [5.41, 5.74) is 1.22. The van der Waals surface area contributed by atoms with E-state index in [-0.39, 0.29) is 11.8 Å². The van der Waals surface area contributed by atoms with Crippen LogP contribution in [0.25, 0.3) is 6.08 Å². The number of benzene rings is 1. The number of nitrogens with zero attached hydrogens (tertiary/aromatic N) is 4. The summed E-state index contributed by atoms with van der Waals surface area (Å²) in [6.07, 6.45) is 3.97. The largest absolute Gasteiger partial charge is 0.378 e. The molecule has 1 atom stereocenters. The van der Waals surface area contributed by atoms with Gasteiger partial charge in [0.2, 0.25) is 0 Å². The van der Waals surface area contributed by atoms with Gasteiger partial charge in [0.1, 0.15) is 17.1 Å². The molecular weight excluding hydrogens is 392 g/mol. The van der Waals surface area contributed by atoms with Crippen LogP contribution >= 0.6 is 0 Å². The van der Waals surface area contributed by atoms with E-state index in [1.165, 1.54) is 4.90 Å². The number of amides is 2. The second kappa shape index (κ2) is 8.51. The molecule has 7 nitrogen and oxygen atoms in total. The minimum Gasteiger partial charge on any atom is -0.378 e. The Bertz CT molecular complexity index is 1000. The summed E-state index contributed by atoms with van der Waals surface area (Å²) in [6, 6.07) is 13.6. The summed E-state index contributed by atoms with van der Waals surface area (Å²) in [6.45, 7) is 4.60. The average Bonchev–Trinajstić information content (AvgIpc) is 2.81. The maximum atomic E-state index is 13.4. The molecule has 0 saturated carbocycles. The van der Waals surface area contributed by atoms with Crippen LogP contribution in [0.1, 0.15) is 18.1 Å². The third-order valence-electron chi connectivity index (χ3n) is 6.20. The van der Waals surface area contributed by atoms with Gasteiger partial charge < -0.3 is 19.4 Å². The number of anilines is 1. The molecule has 2 aliphatic heterocycles. The number of piperazine rings is 1. The summed E-state index contributed by atoms with van der Waals surface area (Å²) in [5.74, 6) is 0.506. The highest BCUT2D eigenvalue weighted by Crippen LogP contribution is 2.32. The van der Waals surface area contributed by atoms with E-state index in [2.05, 4.69) is 9.88 Å². The van der Waals surface area contributed by atoms with Crippen molar-refractivity contribution in [2.45, 2.75) is 18.9 Å². The molecule has 0 radical (unpaired) electrons. The Labute approximate surface area is 182 Å². The van der Waals surface area contributed by atoms with Gasteiger partial charge in [-0.25, -0.2) is 4.98 Å². The van der Waals surface area contributed by atoms with Crippen molar-refractivity contribution in [1.29, 1.82) is 0 Å². The lowest BCUT2D eigenvalue weighted by molar-refractivity contribution is -0.155. The minimum atomic E-state index is -0.952. The van der Waals surface area contributed by atoms with Gasteiger partial charge in [-0.1, -0.05) is 30.3 Å². The molecule has 1 aromatic heterocycles. The topological polar surface area (TPSA) is 66.0 Å². The van der Waals surface area contributed by atoms with Crippen LogP contribution in [0.4, 0.5) is 5.82 Å². The van der Waals surface area contributed by atoms with E-state index in [4.69, 9.17) is 4.74 Å². The van der Waals surface area contributed by atoms with Crippen LogP contribution in [0, 0.1) is 0 Å². The van der Waals surface area contributed by atoms with E-state index >= 15 is 0 Å². The molecule has 2 aromatic rings. The fourth-order valence-corrected chi connectivity index (χ4v) is 4.21. The van der Waals surface area contributed by atoms with Gasteiger partial charge in [0.15, 0.2) is 0 Å². The van der Waals surface area contributed by atoms with Crippen molar-refractivity contribution >= 4 is 23.7 Å².